The maximum absolute atomic E-state index is 11.6. The second kappa shape index (κ2) is 8.86. The predicted octanol–water partition coefficient (Wildman–Crippen LogP) is 1.21. The van der Waals surface area contributed by atoms with Crippen LogP contribution < -0.4 is 5.32 Å². The Kier molecular flexibility index (Phi) is 7.48. The van der Waals surface area contributed by atoms with Gasteiger partial charge in [-0.15, -0.1) is 0 Å². The number of ether oxygens (including phenoxy) is 2. The van der Waals surface area contributed by atoms with Crippen molar-refractivity contribution in [1.82, 2.24) is 5.32 Å². The van der Waals surface area contributed by atoms with Crippen LogP contribution in [0.15, 0.2) is 0 Å². The Hall–Kier alpha value is -1.63. The topological polar surface area (TPSA) is 102 Å². The Morgan fingerprint density at radius 3 is 2.22 bits per heavy atom. The molecule has 0 saturated carbocycles. The second-order valence-electron chi connectivity index (χ2n) is 6.29. The molecule has 132 valence electrons. The van der Waals surface area contributed by atoms with Crippen molar-refractivity contribution >= 4 is 17.8 Å². The van der Waals surface area contributed by atoms with Gasteiger partial charge in [-0.25, -0.2) is 0 Å². The Balaban J connectivity index is 2.53. The van der Waals surface area contributed by atoms with Crippen LogP contribution in [0.2, 0.25) is 0 Å². The first-order valence-corrected chi connectivity index (χ1v) is 7.99. The molecule has 23 heavy (non-hydrogen) atoms. The van der Waals surface area contributed by atoms with Gasteiger partial charge in [-0.05, 0) is 17.8 Å². The second-order valence-corrected chi connectivity index (χ2v) is 6.29. The number of hydrogen-bond donors (Lipinski definition) is 2. The molecular formula is C16H27NO6. The first kappa shape index (κ1) is 19.4. The van der Waals surface area contributed by atoms with Crippen molar-refractivity contribution in [3.63, 3.8) is 0 Å². The minimum absolute atomic E-state index is 0.0424. The van der Waals surface area contributed by atoms with E-state index in [1.54, 1.807) is 0 Å². The largest absolute Gasteiger partial charge is 0.481 e. The first-order chi connectivity index (χ1) is 10.7. The fourth-order valence-electron chi connectivity index (χ4n) is 2.78. The van der Waals surface area contributed by atoms with E-state index in [9.17, 15) is 14.4 Å². The van der Waals surface area contributed by atoms with E-state index < -0.39 is 5.97 Å². The summed E-state index contributed by atoms with van der Waals surface area (Å²) in [4.78, 5) is 33.1. The number of esters is 1. The summed E-state index contributed by atoms with van der Waals surface area (Å²) in [6.45, 7) is 8.15. The molecule has 1 heterocycles. The Morgan fingerprint density at radius 2 is 1.65 bits per heavy atom. The van der Waals surface area contributed by atoms with Gasteiger partial charge in [-0.3, -0.25) is 14.4 Å². The number of nitrogens with one attached hydrogen (secondary N) is 1. The van der Waals surface area contributed by atoms with Crippen LogP contribution in [-0.2, 0) is 23.9 Å². The third kappa shape index (κ3) is 6.17. The molecule has 0 aromatic carbocycles. The standard InChI is InChI=1S/C16H27NO6/c1-9-10(2)13(7-17-15(19)5-6-16(20)21)23-14(11(9)3)8-22-12(4)18/h9-11,13-14H,5-8H2,1-4H3,(H,17,19)(H,20,21). The van der Waals surface area contributed by atoms with Gasteiger partial charge in [0, 0.05) is 19.9 Å². The molecule has 1 fully saturated rings. The van der Waals surface area contributed by atoms with Crippen LogP contribution in [0.3, 0.4) is 0 Å². The van der Waals surface area contributed by atoms with Crippen LogP contribution in [0.1, 0.15) is 40.5 Å². The van der Waals surface area contributed by atoms with Crippen LogP contribution in [-0.4, -0.2) is 48.3 Å². The Labute approximate surface area is 136 Å². The molecule has 0 aromatic rings. The lowest BCUT2D eigenvalue weighted by Crippen LogP contribution is -2.50. The molecule has 0 aromatic heterocycles. The molecule has 0 spiro atoms. The van der Waals surface area contributed by atoms with E-state index in [0.29, 0.717) is 12.5 Å². The average Bonchev–Trinajstić information content (AvgIpc) is 2.48. The van der Waals surface area contributed by atoms with E-state index in [4.69, 9.17) is 14.6 Å². The quantitative estimate of drug-likeness (QED) is 0.681. The van der Waals surface area contributed by atoms with Gasteiger partial charge in [-0.1, -0.05) is 20.8 Å². The maximum Gasteiger partial charge on any atom is 0.303 e. The summed E-state index contributed by atoms with van der Waals surface area (Å²) in [6.07, 6.45) is -0.615. The number of carbonyl (C=O) groups excluding carboxylic acids is 2. The number of amides is 1. The maximum atomic E-state index is 11.6. The summed E-state index contributed by atoms with van der Waals surface area (Å²) in [5.74, 6) is -0.810. The molecule has 2 N–H and O–H groups in total. The molecule has 1 aliphatic rings. The van der Waals surface area contributed by atoms with Crippen molar-refractivity contribution in [2.75, 3.05) is 13.2 Å². The minimum atomic E-state index is -0.994. The molecule has 7 nitrogen and oxygen atoms in total. The molecule has 0 bridgehead atoms. The number of carboxylic acids is 1. The summed E-state index contributed by atoms with van der Waals surface area (Å²) >= 11 is 0. The molecule has 7 heteroatoms. The lowest BCUT2D eigenvalue weighted by Gasteiger charge is -2.43. The van der Waals surface area contributed by atoms with Gasteiger partial charge in [0.2, 0.25) is 5.91 Å². The van der Waals surface area contributed by atoms with Gasteiger partial charge < -0.3 is 19.9 Å². The van der Waals surface area contributed by atoms with Crippen molar-refractivity contribution < 1.29 is 29.0 Å². The highest BCUT2D eigenvalue weighted by Crippen LogP contribution is 2.34. The third-order valence-electron chi connectivity index (χ3n) is 4.70. The zero-order chi connectivity index (χ0) is 17.6. The predicted molar refractivity (Wildman–Crippen MR) is 82.7 cm³/mol. The van der Waals surface area contributed by atoms with Gasteiger partial charge >= 0.3 is 11.9 Å². The molecule has 0 aliphatic carbocycles. The SMILES string of the molecule is CC(=O)OCC1OC(CNC(=O)CCC(=O)O)C(C)C(C)C1C. The van der Waals surface area contributed by atoms with Crippen LogP contribution in [0.4, 0.5) is 0 Å². The van der Waals surface area contributed by atoms with Crippen molar-refractivity contribution in [2.45, 2.75) is 52.7 Å². The van der Waals surface area contributed by atoms with Crippen LogP contribution in [0.5, 0.6) is 0 Å². The van der Waals surface area contributed by atoms with Crippen molar-refractivity contribution in [1.29, 1.82) is 0 Å². The normalized spacial score (nSPS) is 30.5. The lowest BCUT2D eigenvalue weighted by atomic mass is 9.76. The molecule has 5 unspecified atom stereocenters. The Morgan fingerprint density at radius 1 is 1.04 bits per heavy atom. The molecule has 1 amide bonds. The minimum Gasteiger partial charge on any atom is -0.481 e. The van der Waals surface area contributed by atoms with Crippen molar-refractivity contribution in [3.8, 4) is 0 Å². The molecular weight excluding hydrogens is 302 g/mol. The number of rotatable bonds is 7. The summed E-state index contributed by atoms with van der Waals surface area (Å²) in [6, 6.07) is 0. The van der Waals surface area contributed by atoms with E-state index in [1.165, 1.54) is 6.92 Å². The number of aliphatic carboxylic acids is 1. The smallest absolute Gasteiger partial charge is 0.303 e. The molecule has 0 radical (unpaired) electrons. The highest BCUT2D eigenvalue weighted by Gasteiger charge is 2.39. The monoisotopic (exact) mass is 329 g/mol. The lowest BCUT2D eigenvalue weighted by molar-refractivity contribution is -0.168. The zero-order valence-corrected chi connectivity index (χ0v) is 14.2. The van der Waals surface area contributed by atoms with E-state index >= 15 is 0 Å². The highest BCUT2D eigenvalue weighted by atomic mass is 16.6. The average molecular weight is 329 g/mol. The van der Waals surface area contributed by atoms with Gasteiger partial charge in [0.1, 0.15) is 6.61 Å². The van der Waals surface area contributed by atoms with E-state index in [0.717, 1.165) is 0 Å². The Bertz CT molecular complexity index is 438. The van der Waals surface area contributed by atoms with Crippen LogP contribution in [0, 0.1) is 17.8 Å². The molecule has 1 rings (SSSR count). The van der Waals surface area contributed by atoms with Crippen molar-refractivity contribution in [3.05, 3.63) is 0 Å². The number of hydrogen-bond acceptors (Lipinski definition) is 5. The van der Waals surface area contributed by atoms with E-state index in [-0.39, 0.29) is 55.4 Å². The molecule has 1 saturated heterocycles. The summed E-state index contributed by atoms with van der Waals surface area (Å²) in [7, 11) is 0. The van der Waals surface area contributed by atoms with Gasteiger partial charge in [0.05, 0.1) is 18.6 Å². The number of carboxylic acid groups (broad SMARTS) is 1. The van der Waals surface area contributed by atoms with E-state index in [2.05, 4.69) is 26.1 Å². The fraction of sp³-hybridized carbons (Fsp3) is 0.812. The highest BCUT2D eigenvalue weighted by molar-refractivity contribution is 5.80. The first-order valence-electron chi connectivity index (χ1n) is 7.99. The van der Waals surface area contributed by atoms with Gasteiger partial charge in [0.15, 0.2) is 0 Å². The van der Waals surface area contributed by atoms with Gasteiger partial charge in [0.25, 0.3) is 0 Å². The third-order valence-corrected chi connectivity index (χ3v) is 4.70. The summed E-state index contributed by atoms with van der Waals surface area (Å²) in [5, 5.41) is 11.3. The van der Waals surface area contributed by atoms with Crippen LogP contribution in [0.25, 0.3) is 0 Å². The summed E-state index contributed by atoms with van der Waals surface area (Å²) < 4.78 is 11.1. The fourth-order valence-corrected chi connectivity index (χ4v) is 2.78. The zero-order valence-electron chi connectivity index (χ0n) is 14.2. The van der Waals surface area contributed by atoms with Crippen molar-refractivity contribution in [2.24, 2.45) is 17.8 Å². The molecule has 1 aliphatic heterocycles. The number of carbonyl (C=O) groups is 3. The van der Waals surface area contributed by atoms with Crippen LogP contribution >= 0.6 is 0 Å². The van der Waals surface area contributed by atoms with Gasteiger partial charge in [-0.2, -0.15) is 0 Å². The summed E-state index contributed by atoms with van der Waals surface area (Å²) in [5.41, 5.74) is 0. The van der Waals surface area contributed by atoms with E-state index in [1.807, 2.05) is 0 Å². The molecule has 5 atom stereocenters.